The topological polar surface area (TPSA) is 55.8 Å². The second-order valence-electron chi connectivity index (χ2n) is 4.81. The molecule has 0 aliphatic heterocycles. The predicted molar refractivity (Wildman–Crippen MR) is 78.4 cm³/mol. The van der Waals surface area contributed by atoms with Gasteiger partial charge in [-0.05, 0) is 24.1 Å². The molecule has 0 amide bonds. The van der Waals surface area contributed by atoms with E-state index in [1.165, 1.54) is 32.8 Å². The number of benzene rings is 1. The van der Waals surface area contributed by atoms with E-state index in [1.807, 2.05) is 0 Å². The van der Waals surface area contributed by atoms with E-state index < -0.39 is 5.97 Å². The van der Waals surface area contributed by atoms with Crippen molar-refractivity contribution in [1.82, 2.24) is 0 Å². The molecule has 112 valence electrons. The van der Waals surface area contributed by atoms with Crippen LogP contribution in [0.2, 0.25) is 0 Å². The average Bonchev–Trinajstić information content (AvgIpc) is 2.45. The van der Waals surface area contributed by atoms with Crippen molar-refractivity contribution in [3.8, 4) is 5.75 Å². The molecular weight excluding hydrogens is 256 g/mol. The van der Waals surface area contributed by atoms with E-state index >= 15 is 0 Å². The van der Waals surface area contributed by atoms with Crippen molar-refractivity contribution < 1.29 is 19.4 Å². The highest BCUT2D eigenvalue weighted by molar-refractivity contribution is 5.90. The maximum atomic E-state index is 11.0. The Hall–Kier alpha value is -1.55. The Morgan fingerprint density at radius 1 is 1.20 bits per heavy atom. The summed E-state index contributed by atoms with van der Waals surface area (Å²) in [4.78, 5) is 11.0. The number of ether oxygens (including phenoxy) is 2. The van der Waals surface area contributed by atoms with E-state index in [2.05, 4.69) is 6.92 Å². The van der Waals surface area contributed by atoms with E-state index in [1.54, 1.807) is 18.2 Å². The average molecular weight is 280 g/mol. The molecule has 1 rings (SSSR count). The van der Waals surface area contributed by atoms with Gasteiger partial charge in [0.2, 0.25) is 0 Å². The molecule has 4 nitrogen and oxygen atoms in total. The van der Waals surface area contributed by atoms with E-state index in [0.717, 1.165) is 18.6 Å². The van der Waals surface area contributed by atoms with Gasteiger partial charge in [0.15, 0.2) is 0 Å². The zero-order chi connectivity index (χ0) is 14.8. The van der Waals surface area contributed by atoms with Crippen LogP contribution < -0.4 is 4.74 Å². The summed E-state index contributed by atoms with van der Waals surface area (Å²) < 4.78 is 10.7. The molecule has 0 heterocycles. The first-order chi connectivity index (χ1) is 9.69. The first-order valence-corrected chi connectivity index (χ1v) is 7.17. The molecule has 0 radical (unpaired) electrons. The third-order valence-electron chi connectivity index (χ3n) is 3.16. The zero-order valence-electron chi connectivity index (χ0n) is 12.4. The van der Waals surface area contributed by atoms with Crippen LogP contribution >= 0.6 is 0 Å². The van der Waals surface area contributed by atoms with Gasteiger partial charge in [0, 0.05) is 6.61 Å². The van der Waals surface area contributed by atoms with Crippen molar-refractivity contribution in [1.29, 1.82) is 0 Å². The van der Waals surface area contributed by atoms with Gasteiger partial charge in [-0.15, -0.1) is 0 Å². The zero-order valence-corrected chi connectivity index (χ0v) is 12.4. The summed E-state index contributed by atoms with van der Waals surface area (Å²) in [6.45, 7) is 3.43. The predicted octanol–water partition coefficient (Wildman–Crippen LogP) is 3.88. The number of methoxy groups -OCH3 is 1. The fourth-order valence-electron chi connectivity index (χ4n) is 2.00. The second-order valence-corrected chi connectivity index (χ2v) is 4.81. The number of rotatable bonds is 10. The van der Waals surface area contributed by atoms with Gasteiger partial charge in [-0.25, -0.2) is 4.79 Å². The van der Waals surface area contributed by atoms with E-state index in [4.69, 9.17) is 14.6 Å². The van der Waals surface area contributed by atoms with Gasteiger partial charge in [0.1, 0.15) is 11.3 Å². The van der Waals surface area contributed by atoms with Gasteiger partial charge in [-0.2, -0.15) is 0 Å². The molecule has 0 aromatic heterocycles. The van der Waals surface area contributed by atoms with Crippen molar-refractivity contribution in [2.45, 2.75) is 45.6 Å². The van der Waals surface area contributed by atoms with Gasteiger partial charge in [-0.1, -0.05) is 38.7 Å². The fourth-order valence-corrected chi connectivity index (χ4v) is 2.00. The molecule has 0 spiro atoms. The summed E-state index contributed by atoms with van der Waals surface area (Å²) in [6.07, 6.45) is 6.07. The molecular formula is C16H24O4. The highest BCUT2D eigenvalue weighted by Crippen LogP contribution is 2.20. The number of carboxylic acids is 1. The van der Waals surface area contributed by atoms with Gasteiger partial charge in [0.25, 0.3) is 0 Å². The second kappa shape index (κ2) is 9.37. The lowest BCUT2D eigenvalue weighted by atomic mass is 10.1. The van der Waals surface area contributed by atoms with Gasteiger partial charge in [0.05, 0.1) is 13.7 Å². The highest BCUT2D eigenvalue weighted by Gasteiger charge is 2.10. The lowest BCUT2D eigenvalue weighted by Crippen LogP contribution is -2.02. The van der Waals surface area contributed by atoms with Crippen molar-refractivity contribution >= 4 is 5.97 Å². The van der Waals surface area contributed by atoms with Crippen LogP contribution in [0.1, 0.15) is 54.9 Å². The molecule has 20 heavy (non-hydrogen) atoms. The molecule has 0 saturated carbocycles. The number of hydrogen-bond acceptors (Lipinski definition) is 3. The third-order valence-corrected chi connectivity index (χ3v) is 3.16. The minimum Gasteiger partial charge on any atom is -0.496 e. The van der Waals surface area contributed by atoms with Crippen molar-refractivity contribution in [2.24, 2.45) is 0 Å². The van der Waals surface area contributed by atoms with Crippen LogP contribution in [0, 0.1) is 0 Å². The third kappa shape index (κ3) is 5.61. The molecule has 4 heteroatoms. The quantitative estimate of drug-likeness (QED) is 0.661. The number of unbranched alkanes of at least 4 members (excludes halogenated alkanes) is 4. The molecule has 0 atom stereocenters. The lowest BCUT2D eigenvalue weighted by molar-refractivity contribution is 0.0693. The fraction of sp³-hybridized carbons (Fsp3) is 0.562. The first kappa shape index (κ1) is 16.5. The maximum Gasteiger partial charge on any atom is 0.339 e. The van der Waals surface area contributed by atoms with Crippen LogP contribution in [0.3, 0.4) is 0 Å². The van der Waals surface area contributed by atoms with Crippen LogP contribution in [0.15, 0.2) is 18.2 Å². The lowest BCUT2D eigenvalue weighted by Gasteiger charge is -2.08. The number of hydrogen-bond donors (Lipinski definition) is 1. The molecule has 1 aromatic carbocycles. The van der Waals surface area contributed by atoms with Crippen molar-refractivity contribution in [2.75, 3.05) is 13.7 Å². The van der Waals surface area contributed by atoms with Crippen LogP contribution in [0.4, 0.5) is 0 Å². The van der Waals surface area contributed by atoms with Crippen LogP contribution in [0.25, 0.3) is 0 Å². The van der Waals surface area contributed by atoms with Gasteiger partial charge < -0.3 is 14.6 Å². The SMILES string of the molecule is CCCCCCCOCc1ccc(C(=O)O)c(OC)c1. The molecule has 0 bridgehead atoms. The summed E-state index contributed by atoms with van der Waals surface area (Å²) >= 11 is 0. The Labute approximate surface area is 120 Å². The smallest absolute Gasteiger partial charge is 0.339 e. The van der Waals surface area contributed by atoms with Crippen LogP contribution in [0.5, 0.6) is 5.75 Å². The largest absolute Gasteiger partial charge is 0.496 e. The summed E-state index contributed by atoms with van der Waals surface area (Å²) in [5, 5.41) is 8.99. The molecule has 1 N–H and O–H groups in total. The Balaban J connectivity index is 2.35. The summed E-state index contributed by atoms with van der Waals surface area (Å²) in [5.74, 6) is -0.605. The maximum absolute atomic E-state index is 11.0. The highest BCUT2D eigenvalue weighted by atomic mass is 16.5. The molecule has 0 unspecified atom stereocenters. The Kier molecular flexibility index (Phi) is 7.73. The van der Waals surface area contributed by atoms with E-state index in [-0.39, 0.29) is 5.56 Å². The standard InChI is InChI=1S/C16H24O4/c1-3-4-5-6-7-10-20-12-13-8-9-14(16(17)18)15(11-13)19-2/h8-9,11H,3-7,10,12H2,1-2H3,(H,17,18). The Bertz CT molecular complexity index is 415. The first-order valence-electron chi connectivity index (χ1n) is 7.17. The minimum absolute atomic E-state index is 0.177. The van der Waals surface area contributed by atoms with Crippen LogP contribution in [-0.4, -0.2) is 24.8 Å². The summed E-state index contributed by atoms with van der Waals surface area (Å²) in [5.41, 5.74) is 1.11. The normalized spacial score (nSPS) is 10.5. The van der Waals surface area contributed by atoms with E-state index in [0.29, 0.717) is 12.4 Å². The Morgan fingerprint density at radius 3 is 2.60 bits per heavy atom. The van der Waals surface area contributed by atoms with Crippen LogP contribution in [-0.2, 0) is 11.3 Å². The Morgan fingerprint density at radius 2 is 1.95 bits per heavy atom. The molecule has 0 aliphatic carbocycles. The van der Waals surface area contributed by atoms with Crippen molar-refractivity contribution in [3.63, 3.8) is 0 Å². The molecule has 1 aromatic rings. The number of aromatic carboxylic acids is 1. The monoisotopic (exact) mass is 280 g/mol. The molecule has 0 fully saturated rings. The summed E-state index contributed by atoms with van der Waals surface area (Å²) in [6, 6.07) is 5.05. The summed E-state index contributed by atoms with van der Waals surface area (Å²) in [7, 11) is 1.47. The minimum atomic E-state index is -0.981. The van der Waals surface area contributed by atoms with Gasteiger partial charge >= 0.3 is 5.97 Å². The number of carbonyl (C=O) groups is 1. The number of carboxylic acid groups (broad SMARTS) is 1. The van der Waals surface area contributed by atoms with Crippen molar-refractivity contribution in [3.05, 3.63) is 29.3 Å². The molecule has 0 saturated heterocycles. The molecule has 0 aliphatic rings. The van der Waals surface area contributed by atoms with E-state index in [9.17, 15) is 4.79 Å². The van der Waals surface area contributed by atoms with Gasteiger partial charge in [-0.3, -0.25) is 0 Å².